The predicted molar refractivity (Wildman–Crippen MR) is 95.8 cm³/mol. The maximum Gasteiger partial charge on any atom is 0.137 e. The maximum absolute atomic E-state index is 5.30. The molecule has 24 heavy (non-hydrogen) atoms. The van der Waals surface area contributed by atoms with Crippen LogP contribution in [0.25, 0.3) is 10.9 Å². The Labute approximate surface area is 141 Å². The molecule has 0 unspecified atom stereocenters. The van der Waals surface area contributed by atoms with Crippen molar-refractivity contribution in [3.63, 3.8) is 0 Å². The van der Waals surface area contributed by atoms with Gasteiger partial charge in [0.25, 0.3) is 0 Å². The summed E-state index contributed by atoms with van der Waals surface area (Å²) in [5.41, 5.74) is 1.90. The van der Waals surface area contributed by atoms with Crippen LogP contribution in [0.15, 0.2) is 24.3 Å². The molecule has 2 heterocycles. The number of methoxy groups -OCH3 is 1. The highest BCUT2D eigenvalue weighted by Gasteiger charge is 2.07. The molecule has 0 aliphatic heterocycles. The van der Waals surface area contributed by atoms with Gasteiger partial charge in [-0.15, -0.1) is 0 Å². The number of rotatable bonds is 6. The third-order valence-corrected chi connectivity index (χ3v) is 3.74. The van der Waals surface area contributed by atoms with Crippen molar-refractivity contribution < 1.29 is 4.74 Å². The summed E-state index contributed by atoms with van der Waals surface area (Å²) in [5.74, 6) is 3.35. The van der Waals surface area contributed by atoms with E-state index in [1.54, 1.807) is 7.11 Å². The minimum atomic E-state index is 0.729. The van der Waals surface area contributed by atoms with E-state index in [0.29, 0.717) is 0 Å². The van der Waals surface area contributed by atoms with Gasteiger partial charge in [0.2, 0.25) is 0 Å². The summed E-state index contributed by atoms with van der Waals surface area (Å²) in [6, 6.07) is 7.83. The molecule has 3 rings (SSSR count). The zero-order valence-corrected chi connectivity index (χ0v) is 14.4. The SMILES string of the molecule is COc1ccc2nc(C)nc(NCCNc3cc(C)nn3C)c2c1. The van der Waals surface area contributed by atoms with Crippen molar-refractivity contribution in [3.05, 3.63) is 35.8 Å². The third-order valence-electron chi connectivity index (χ3n) is 3.74. The fraction of sp³-hybridized carbons (Fsp3) is 0.353. The van der Waals surface area contributed by atoms with Gasteiger partial charge in [0.15, 0.2) is 0 Å². The molecule has 0 aliphatic carbocycles. The second-order valence-corrected chi connectivity index (χ2v) is 5.65. The molecule has 126 valence electrons. The van der Waals surface area contributed by atoms with Gasteiger partial charge in [0.1, 0.15) is 23.2 Å². The van der Waals surface area contributed by atoms with Crippen molar-refractivity contribution in [1.82, 2.24) is 19.7 Å². The lowest BCUT2D eigenvalue weighted by Gasteiger charge is -2.11. The standard InChI is InChI=1S/C17H22N6O/c1-11-9-16(23(3)22-11)18-7-8-19-17-14-10-13(24-4)5-6-15(14)20-12(2)21-17/h5-6,9-10,18H,7-8H2,1-4H3,(H,19,20,21). The molecule has 0 amide bonds. The molecule has 0 bridgehead atoms. The van der Waals surface area contributed by atoms with Crippen LogP contribution in [-0.2, 0) is 7.05 Å². The Hall–Kier alpha value is -2.83. The lowest BCUT2D eigenvalue weighted by molar-refractivity contribution is 0.415. The van der Waals surface area contributed by atoms with E-state index < -0.39 is 0 Å². The highest BCUT2D eigenvalue weighted by molar-refractivity contribution is 5.90. The molecule has 2 aromatic heterocycles. The minimum Gasteiger partial charge on any atom is -0.497 e. The van der Waals surface area contributed by atoms with Gasteiger partial charge in [0.05, 0.1) is 18.3 Å². The molecule has 3 aromatic rings. The van der Waals surface area contributed by atoms with E-state index in [2.05, 4.69) is 25.7 Å². The normalized spacial score (nSPS) is 10.8. The highest BCUT2D eigenvalue weighted by Crippen LogP contribution is 2.25. The summed E-state index contributed by atoms with van der Waals surface area (Å²) < 4.78 is 7.14. The first-order chi connectivity index (χ1) is 11.6. The summed E-state index contributed by atoms with van der Waals surface area (Å²) in [5, 5.41) is 12.0. The van der Waals surface area contributed by atoms with Gasteiger partial charge in [-0.25, -0.2) is 9.97 Å². The maximum atomic E-state index is 5.30. The Morgan fingerprint density at radius 3 is 2.58 bits per heavy atom. The predicted octanol–water partition coefficient (Wildman–Crippen LogP) is 2.51. The molecule has 2 N–H and O–H groups in total. The van der Waals surface area contributed by atoms with E-state index in [1.807, 2.05) is 49.8 Å². The summed E-state index contributed by atoms with van der Waals surface area (Å²) >= 11 is 0. The lowest BCUT2D eigenvalue weighted by Crippen LogP contribution is -2.16. The number of hydrogen-bond donors (Lipinski definition) is 2. The lowest BCUT2D eigenvalue weighted by atomic mass is 10.2. The van der Waals surface area contributed by atoms with E-state index in [1.165, 1.54) is 0 Å². The molecule has 0 radical (unpaired) electrons. The Kier molecular flexibility index (Phi) is 4.50. The van der Waals surface area contributed by atoms with Crippen LogP contribution in [0, 0.1) is 13.8 Å². The number of benzene rings is 1. The summed E-state index contributed by atoms with van der Waals surface area (Å²) in [6.07, 6.45) is 0. The number of ether oxygens (including phenoxy) is 1. The van der Waals surface area contributed by atoms with E-state index in [-0.39, 0.29) is 0 Å². The highest BCUT2D eigenvalue weighted by atomic mass is 16.5. The van der Waals surface area contributed by atoms with Gasteiger partial charge in [-0.1, -0.05) is 0 Å². The average Bonchev–Trinajstić information content (AvgIpc) is 2.88. The molecule has 0 aliphatic rings. The molecular formula is C17H22N6O. The van der Waals surface area contributed by atoms with Crippen LogP contribution in [0.5, 0.6) is 5.75 Å². The molecule has 0 fully saturated rings. The first kappa shape index (κ1) is 16.0. The first-order valence-corrected chi connectivity index (χ1v) is 7.87. The average molecular weight is 326 g/mol. The van der Waals surface area contributed by atoms with E-state index in [9.17, 15) is 0 Å². The number of fused-ring (bicyclic) bond motifs is 1. The van der Waals surface area contributed by atoms with Crippen molar-refractivity contribution >= 4 is 22.5 Å². The van der Waals surface area contributed by atoms with Crippen LogP contribution in [0.1, 0.15) is 11.5 Å². The molecule has 0 spiro atoms. The van der Waals surface area contributed by atoms with E-state index in [0.717, 1.165) is 52.9 Å². The smallest absolute Gasteiger partial charge is 0.137 e. The van der Waals surface area contributed by atoms with Gasteiger partial charge < -0.3 is 15.4 Å². The zero-order chi connectivity index (χ0) is 17.1. The second kappa shape index (κ2) is 6.74. The Bertz CT molecular complexity index is 858. The second-order valence-electron chi connectivity index (χ2n) is 5.65. The van der Waals surface area contributed by atoms with Crippen molar-refractivity contribution in [1.29, 1.82) is 0 Å². The van der Waals surface area contributed by atoms with Gasteiger partial charge in [0, 0.05) is 31.6 Å². The van der Waals surface area contributed by atoms with Crippen LogP contribution in [-0.4, -0.2) is 39.9 Å². The molecule has 0 saturated heterocycles. The number of aryl methyl sites for hydroxylation is 3. The summed E-state index contributed by atoms with van der Waals surface area (Å²) in [6.45, 7) is 5.36. The molecular weight excluding hydrogens is 304 g/mol. The van der Waals surface area contributed by atoms with E-state index in [4.69, 9.17) is 4.74 Å². The number of hydrogen-bond acceptors (Lipinski definition) is 6. The van der Waals surface area contributed by atoms with Crippen molar-refractivity contribution in [3.8, 4) is 5.75 Å². The van der Waals surface area contributed by atoms with Crippen LogP contribution in [0.3, 0.4) is 0 Å². The fourth-order valence-electron chi connectivity index (χ4n) is 2.63. The summed E-state index contributed by atoms with van der Waals surface area (Å²) in [4.78, 5) is 8.99. The van der Waals surface area contributed by atoms with Crippen LogP contribution in [0.4, 0.5) is 11.6 Å². The molecule has 7 heteroatoms. The number of nitrogens with zero attached hydrogens (tertiary/aromatic N) is 4. The first-order valence-electron chi connectivity index (χ1n) is 7.87. The largest absolute Gasteiger partial charge is 0.497 e. The third kappa shape index (κ3) is 3.40. The van der Waals surface area contributed by atoms with Crippen molar-refractivity contribution in [2.45, 2.75) is 13.8 Å². The quantitative estimate of drug-likeness (QED) is 0.678. The molecule has 0 atom stereocenters. The Morgan fingerprint density at radius 2 is 1.88 bits per heavy atom. The van der Waals surface area contributed by atoms with Crippen molar-refractivity contribution in [2.24, 2.45) is 7.05 Å². The van der Waals surface area contributed by atoms with Crippen LogP contribution < -0.4 is 15.4 Å². The van der Waals surface area contributed by atoms with E-state index >= 15 is 0 Å². The molecule has 1 aromatic carbocycles. The topological polar surface area (TPSA) is 76.9 Å². The zero-order valence-electron chi connectivity index (χ0n) is 14.4. The number of aromatic nitrogens is 4. The summed E-state index contributed by atoms with van der Waals surface area (Å²) in [7, 11) is 3.58. The van der Waals surface area contributed by atoms with Gasteiger partial charge >= 0.3 is 0 Å². The Balaban J connectivity index is 1.71. The monoisotopic (exact) mass is 326 g/mol. The fourth-order valence-corrected chi connectivity index (χ4v) is 2.63. The van der Waals surface area contributed by atoms with Crippen LogP contribution >= 0.6 is 0 Å². The molecule has 0 saturated carbocycles. The minimum absolute atomic E-state index is 0.729. The van der Waals surface area contributed by atoms with Crippen LogP contribution in [0.2, 0.25) is 0 Å². The molecule has 7 nitrogen and oxygen atoms in total. The van der Waals surface area contributed by atoms with Gasteiger partial charge in [-0.2, -0.15) is 5.10 Å². The van der Waals surface area contributed by atoms with Crippen molar-refractivity contribution in [2.75, 3.05) is 30.8 Å². The number of anilines is 2. The number of nitrogens with one attached hydrogen (secondary N) is 2. The van der Waals surface area contributed by atoms with Gasteiger partial charge in [-0.3, -0.25) is 4.68 Å². The Morgan fingerprint density at radius 1 is 1.08 bits per heavy atom. The van der Waals surface area contributed by atoms with Gasteiger partial charge in [-0.05, 0) is 32.0 Å².